The molecule has 0 aliphatic heterocycles. The molecule has 1 heterocycles. The second kappa shape index (κ2) is 8.35. The fourth-order valence-corrected chi connectivity index (χ4v) is 2.49. The van der Waals surface area contributed by atoms with Crippen LogP contribution in [0.4, 0.5) is 10.2 Å². The molecule has 27 heavy (non-hydrogen) atoms. The first-order valence-corrected chi connectivity index (χ1v) is 8.53. The minimum atomic E-state index is -0.336. The van der Waals surface area contributed by atoms with Gasteiger partial charge in [0.15, 0.2) is 6.61 Å². The van der Waals surface area contributed by atoms with Crippen molar-refractivity contribution in [2.24, 2.45) is 0 Å². The smallest absolute Gasteiger partial charge is 0.263 e. The van der Waals surface area contributed by atoms with Crippen molar-refractivity contribution in [3.05, 3.63) is 66.1 Å². The second-order valence-corrected chi connectivity index (χ2v) is 5.80. The maximum atomic E-state index is 13.1. The van der Waals surface area contributed by atoms with Crippen LogP contribution in [0, 0.1) is 12.7 Å². The summed E-state index contributed by atoms with van der Waals surface area (Å²) in [4.78, 5) is 12.2. The van der Waals surface area contributed by atoms with Crippen molar-refractivity contribution in [1.82, 2.24) is 9.78 Å². The third kappa shape index (κ3) is 4.84. The van der Waals surface area contributed by atoms with Gasteiger partial charge < -0.3 is 14.8 Å². The van der Waals surface area contributed by atoms with Crippen LogP contribution in [-0.4, -0.2) is 28.9 Å². The summed E-state index contributed by atoms with van der Waals surface area (Å²) in [6, 6.07) is 14.6. The van der Waals surface area contributed by atoms with Gasteiger partial charge in [0.1, 0.15) is 23.1 Å². The zero-order chi connectivity index (χ0) is 19.2. The van der Waals surface area contributed by atoms with E-state index in [2.05, 4.69) is 10.4 Å². The predicted octanol–water partition coefficient (Wildman–Crippen LogP) is 3.74. The van der Waals surface area contributed by atoms with E-state index in [1.54, 1.807) is 47.1 Å². The summed E-state index contributed by atoms with van der Waals surface area (Å²) < 4.78 is 25.5. The summed E-state index contributed by atoms with van der Waals surface area (Å²) in [7, 11) is 0. The monoisotopic (exact) mass is 369 g/mol. The lowest BCUT2D eigenvalue weighted by atomic mass is 10.3. The molecule has 0 radical (unpaired) electrons. The van der Waals surface area contributed by atoms with Gasteiger partial charge in [0.25, 0.3) is 5.91 Å². The number of benzene rings is 2. The summed E-state index contributed by atoms with van der Waals surface area (Å²) in [6.07, 6.45) is 0. The molecule has 0 atom stereocenters. The van der Waals surface area contributed by atoms with Crippen LogP contribution in [0.25, 0.3) is 5.69 Å². The van der Waals surface area contributed by atoms with Crippen LogP contribution in [0.3, 0.4) is 0 Å². The molecule has 1 amide bonds. The van der Waals surface area contributed by atoms with E-state index in [4.69, 9.17) is 9.47 Å². The van der Waals surface area contributed by atoms with Gasteiger partial charge in [0.2, 0.25) is 0 Å². The highest BCUT2D eigenvalue weighted by Crippen LogP contribution is 2.19. The number of carbonyl (C=O) groups excluding carboxylic acids is 1. The molecule has 140 valence electrons. The first kappa shape index (κ1) is 18.4. The molecule has 2 aromatic carbocycles. The molecule has 0 saturated carbocycles. The van der Waals surface area contributed by atoms with Gasteiger partial charge in [-0.1, -0.05) is 0 Å². The highest BCUT2D eigenvalue weighted by Gasteiger charge is 2.12. The third-order valence-corrected chi connectivity index (χ3v) is 3.67. The van der Waals surface area contributed by atoms with Gasteiger partial charge in [0.05, 0.1) is 18.0 Å². The zero-order valence-electron chi connectivity index (χ0n) is 15.1. The zero-order valence-corrected chi connectivity index (χ0v) is 15.1. The topological polar surface area (TPSA) is 65.4 Å². The van der Waals surface area contributed by atoms with E-state index < -0.39 is 0 Å². The molecule has 0 aliphatic carbocycles. The van der Waals surface area contributed by atoms with E-state index in [9.17, 15) is 9.18 Å². The van der Waals surface area contributed by atoms with E-state index in [0.29, 0.717) is 23.9 Å². The van der Waals surface area contributed by atoms with E-state index in [1.807, 2.05) is 13.8 Å². The van der Waals surface area contributed by atoms with E-state index in [-0.39, 0.29) is 18.3 Å². The number of rotatable bonds is 7. The number of aryl methyl sites for hydroxylation is 1. The normalized spacial score (nSPS) is 10.5. The Morgan fingerprint density at radius 3 is 2.33 bits per heavy atom. The first-order valence-electron chi connectivity index (χ1n) is 8.53. The molecule has 1 aromatic heterocycles. The van der Waals surface area contributed by atoms with Crippen LogP contribution >= 0.6 is 0 Å². The number of aromatic nitrogens is 2. The average Bonchev–Trinajstić information content (AvgIpc) is 3.02. The van der Waals surface area contributed by atoms with Crippen LogP contribution < -0.4 is 14.8 Å². The number of amides is 1. The van der Waals surface area contributed by atoms with E-state index in [1.165, 1.54) is 12.1 Å². The Labute approximate surface area is 156 Å². The molecule has 0 fully saturated rings. The van der Waals surface area contributed by atoms with Crippen molar-refractivity contribution in [2.45, 2.75) is 13.8 Å². The average molecular weight is 369 g/mol. The van der Waals surface area contributed by atoms with Crippen molar-refractivity contribution in [3.8, 4) is 17.2 Å². The number of ether oxygens (including phenoxy) is 2. The highest BCUT2D eigenvalue weighted by molar-refractivity contribution is 5.91. The van der Waals surface area contributed by atoms with Crippen molar-refractivity contribution in [3.63, 3.8) is 0 Å². The third-order valence-electron chi connectivity index (χ3n) is 3.67. The van der Waals surface area contributed by atoms with Gasteiger partial charge in [-0.3, -0.25) is 4.79 Å². The van der Waals surface area contributed by atoms with Crippen molar-refractivity contribution >= 4 is 11.7 Å². The molecule has 0 spiro atoms. The summed E-state index contributed by atoms with van der Waals surface area (Å²) in [5.41, 5.74) is 1.37. The van der Waals surface area contributed by atoms with E-state index >= 15 is 0 Å². The van der Waals surface area contributed by atoms with Gasteiger partial charge >= 0.3 is 0 Å². The van der Waals surface area contributed by atoms with E-state index in [0.717, 1.165) is 11.4 Å². The number of nitrogens with zero attached hydrogens (tertiary/aromatic N) is 2. The standard InChI is InChI=1S/C20H20FN3O3/c1-3-26-17-8-10-18(11-9-17)27-13-20(25)22-19-12-14(2)23-24(19)16-6-4-15(21)5-7-16/h4-12H,3,13H2,1-2H3,(H,22,25). The summed E-state index contributed by atoms with van der Waals surface area (Å²) in [5, 5.41) is 7.10. The Bertz CT molecular complexity index is 905. The molecule has 1 N–H and O–H groups in total. The lowest BCUT2D eigenvalue weighted by molar-refractivity contribution is -0.118. The van der Waals surface area contributed by atoms with Gasteiger partial charge in [-0.2, -0.15) is 5.10 Å². The van der Waals surface area contributed by atoms with Gasteiger partial charge in [0, 0.05) is 6.07 Å². The van der Waals surface area contributed by atoms with Crippen molar-refractivity contribution in [2.75, 3.05) is 18.5 Å². The van der Waals surface area contributed by atoms with Crippen LogP contribution in [0.1, 0.15) is 12.6 Å². The van der Waals surface area contributed by atoms with Crippen molar-refractivity contribution in [1.29, 1.82) is 0 Å². The second-order valence-electron chi connectivity index (χ2n) is 5.80. The summed E-state index contributed by atoms with van der Waals surface area (Å²) >= 11 is 0. The van der Waals surface area contributed by atoms with Gasteiger partial charge in [-0.15, -0.1) is 0 Å². The number of hydrogen-bond donors (Lipinski definition) is 1. The molecular formula is C20H20FN3O3. The number of carbonyl (C=O) groups is 1. The largest absolute Gasteiger partial charge is 0.494 e. The molecule has 3 rings (SSSR count). The quantitative estimate of drug-likeness (QED) is 0.689. The molecule has 0 aliphatic rings. The molecule has 3 aromatic rings. The SMILES string of the molecule is CCOc1ccc(OCC(=O)Nc2cc(C)nn2-c2ccc(F)cc2)cc1. The van der Waals surface area contributed by atoms with Crippen LogP contribution in [0.2, 0.25) is 0 Å². The maximum Gasteiger partial charge on any atom is 0.263 e. The lowest BCUT2D eigenvalue weighted by Gasteiger charge is -2.10. The fraction of sp³-hybridized carbons (Fsp3) is 0.200. The lowest BCUT2D eigenvalue weighted by Crippen LogP contribution is -2.21. The molecule has 0 unspecified atom stereocenters. The molecule has 0 saturated heterocycles. The molecular weight excluding hydrogens is 349 g/mol. The van der Waals surface area contributed by atoms with Crippen LogP contribution in [-0.2, 0) is 4.79 Å². The minimum absolute atomic E-state index is 0.151. The van der Waals surface area contributed by atoms with Crippen LogP contribution in [0.5, 0.6) is 11.5 Å². The minimum Gasteiger partial charge on any atom is -0.494 e. The molecule has 7 heteroatoms. The Morgan fingerprint density at radius 2 is 1.70 bits per heavy atom. The Balaban J connectivity index is 1.63. The maximum absolute atomic E-state index is 13.1. The molecule has 6 nitrogen and oxygen atoms in total. The number of nitrogens with one attached hydrogen (secondary N) is 1. The Hall–Kier alpha value is -3.35. The fourth-order valence-electron chi connectivity index (χ4n) is 2.49. The first-order chi connectivity index (χ1) is 13.0. The summed E-state index contributed by atoms with van der Waals surface area (Å²) in [6.45, 7) is 4.16. The van der Waals surface area contributed by atoms with Gasteiger partial charge in [-0.25, -0.2) is 9.07 Å². The van der Waals surface area contributed by atoms with Gasteiger partial charge in [-0.05, 0) is 62.4 Å². The highest BCUT2D eigenvalue weighted by atomic mass is 19.1. The van der Waals surface area contributed by atoms with Crippen LogP contribution in [0.15, 0.2) is 54.6 Å². The summed E-state index contributed by atoms with van der Waals surface area (Å²) in [5.74, 6) is 1.13. The Kier molecular flexibility index (Phi) is 5.71. The number of anilines is 1. The Morgan fingerprint density at radius 1 is 1.07 bits per heavy atom. The van der Waals surface area contributed by atoms with Crippen molar-refractivity contribution < 1.29 is 18.7 Å². The number of halogens is 1. The predicted molar refractivity (Wildman–Crippen MR) is 100.0 cm³/mol. The molecule has 0 bridgehead atoms. The number of hydrogen-bond acceptors (Lipinski definition) is 4.